The van der Waals surface area contributed by atoms with Gasteiger partial charge in [0, 0.05) is 37.6 Å². The topological polar surface area (TPSA) is 43.9 Å². The summed E-state index contributed by atoms with van der Waals surface area (Å²) in [5, 5.41) is 0. The molecule has 2 aliphatic rings. The number of anilines is 1. The first kappa shape index (κ1) is 19.8. The van der Waals surface area contributed by atoms with Crippen molar-refractivity contribution in [1.82, 2.24) is 9.80 Å². The van der Waals surface area contributed by atoms with Crippen LogP contribution in [0, 0.1) is 13.8 Å². The molecule has 1 atom stereocenters. The summed E-state index contributed by atoms with van der Waals surface area (Å²) in [6, 6.07) is 9.78. The van der Waals surface area contributed by atoms with Crippen molar-refractivity contribution in [3.63, 3.8) is 0 Å². The lowest BCUT2D eigenvalue weighted by atomic mass is 10.1. The fourth-order valence-corrected chi connectivity index (χ4v) is 5.63. The molecule has 0 bridgehead atoms. The predicted molar refractivity (Wildman–Crippen MR) is 116 cm³/mol. The highest BCUT2D eigenvalue weighted by atomic mass is 79.9. The van der Waals surface area contributed by atoms with Gasteiger partial charge in [0.2, 0.25) is 5.91 Å². The standard InChI is InChI=1S/C21H24BrN3O2S/c1-14-3-5-17(15(2)11-14)25-20(26)12-18(21(25)27)24-9-7-23(8-10-24)13-16-4-6-19(22)28-16/h3-6,11,18H,7-10,12-13H2,1-2H3/t18-/m0/s1. The van der Waals surface area contributed by atoms with Crippen LogP contribution in [-0.4, -0.2) is 53.8 Å². The summed E-state index contributed by atoms with van der Waals surface area (Å²) >= 11 is 5.28. The van der Waals surface area contributed by atoms with Gasteiger partial charge in [0.05, 0.1) is 21.9 Å². The summed E-state index contributed by atoms with van der Waals surface area (Å²) in [7, 11) is 0. The van der Waals surface area contributed by atoms with Crippen molar-refractivity contribution in [2.24, 2.45) is 0 Å². The molecule has 0 radical (unpaired) electrons. The van der Waals surface area contributed by atoms with E-state index < -0.39 is 0 Å². The molecule has 4 rings (SSSR count). The highest BCUT2D eigenvalue weighted by molar-refractivity contribution is 9.11. The van der Waals surface area contributed by atoms with Gasteiger partial charge < -0.3 is 0 Å². The molecule has 0 saturated carbocycles. The van der Waals surface area contributed by atoms with E-state index in [1.54, 1.807) is 11.3 Å². The Balaban J connectivity index is 1.40. The molecule has 1 aromatic heterocycles. The maximum Gasteiger partial charge on any atom is 0.251 e. The Bertz CT molecular complexity index is 905. The number of halogens is 1. The van der Waals surface area contributed by atoms with Gasteiger partial charge in [-0.2, -0.15) is 0 Å². The summed E-state index contributed by atoms with van der Waals surface area (Å²) < 4.78 is 1.16. The second-order valence-electron chi connectivity index (χ2n) is 7.60. The van der Waals surface area contributed by atoms with Gasteiger partial charge in [0.1, 0.15) is 0 Å². The fraction of sp³-hybridized carbons (Fsp3) is 0.429. The Morgan fingerprint density at radius 1 is 1.07 bits per heavy atom. The number of piperazine rings is 1. The number of benzene rings is 1. The molecule has 0 aliphatic carbocycles. The average Bonchev–Trinajstić information content (AvgIpc) is 3.19. The Morgan fingerprint density at radius 2 is 1.82 bits per heavy atom. The van der Waals surface area contributed by atoms with Gasteiger partial charge in [-0.3, -0.25) is 19.4 Å². The van der Waals surface area contributed by atoms with Crippen LogP contribution in [0.4, 0.5) is 5.69 Å². The number of amides is 2. The van der Waals surface area contributed by atoms with Gasteiger partial charge in [0.15, 0.2) is 0 Å². The number of nitrogens with zero attached hydrogens (tertiary/aromatic N) is 3. The maximum absolute atomic E-state index is 13.1. The van der Waals surface area contributed by atoms with E-state index in [9.17, 15) is 9.59 Å². The summed E-state index contributed by atoms with van der Waals surface area (Å²) in [5.74, 6) is -0.166. The minimum atomic E-state index is -0.328. The molecule has 0 N–H and O–H groups in total. The van der Waals surface area contributed by atoms with E-state index in [2.05, 4.69) is 37.9 Å². The summed E-state index contributed by atoms with van der Waals surface area (Å²) in [4.78, 5) is 33.1. The minimum absolute atomic E-state index is 0.0763. The average molecular weight is 462 g/mol. The molecule has 3 heterocycles. The number of thiophene rings is 1. The minimum Gasteiger partial charge on any atom is -0.296 e. The maximum atomic E-state index is 13.1. The van der Waals surface area contributed by atoms with Gasteiger partial charge >= 0.3 is 0 Å². The summed E-state index contributed by atoms with van der Waals surface area (Å²) in [5.41, 5.74) is 2.82. The molecule has 2 amide bonds. The Labute approximate surface area is 178 Å². The van der Waals surface area contributed by atoms with Crippen molar-refractivity contribution in [3.05, 3.63) is 50.1 Å². The third-order valence-corrected chi connectivity index (χ3v) is 7.18. The fourth-order valence-electron chi connectivity index (χ4n) is 4.10. The van der Waals surface area contributed by atoms with E-state index in [-0.39, 0.29) is 24.3 Å². The smallest absolute Gasteiger partial charge is 0.251 e. The Kier molecular flexibility index (Phi) is 5.69. The highest BCUT2D eigenvalue weighted by Gasteiger charge is 2.43. The van der Waals surface area contributed by atoms with E-state index in [4.69, 9.17) is 0 Å². The molecule has 5 nitrogen and oxygen atoms in total. The summed E-state index contributed by atoms with van der Waals surface area (Å²) in [6.07, 6.45) is 0.282. The quantitative estimate of drug-likeness (QED) is 0.652. The zero-order chi connectivity index (χ0) is 19.8. The van der Waals surface area contributed by atoms with E-state index in [1.807, 2.05) is 32.0 Å². The molecule has 0 unspecified atom stereocenters. The second-order valence-corrected chi connectivity index (χ2v) is 10.1. The van der Waals surface area contributed by atoms with E-state index in [1.165, 1.54) is 9.78 Å². The van der Waals surface area contributed by atoms with Crippen LogP contribution in [-0.2, 0) is 16.1 Å². The van der Waals surface area contributed by atoms with Gasteiger partial charge in [-0.1, -0.05) is 17.7 Å². The van der Waals surface area contributed by atoms with Crippen molar-refractivity contribution in [1.29, 1.82) is 0 Å². The largest absolute Gasteiger partial charge is 0.296 e. The van der Waals surface area contributed by atoms with Crippen LogP contribution >= 0.6 is 27.3 Å². The number of carbonyl (C=O) groups excluding carboxylic acids is 2. The van der Waals surface area contributed by atoms with Crippen molar-refractivity contribution in [3.8, 4) is 0 Å². The first-order chi connectivity index (χ1) is 13.4. The van der Waals surface area contributed by atoms with Crippen LogP contribution in [0.1, 0.15) is 22.4 Å². The number of carbonyl (C=O) groups is 2. The number of rotatable bonds is 4. The molecule has 7 heteroatoms. The molecule has 2 saturated heterocycles. The van der Waals surface area contributed by atoms with Crippen LogP contribution in [0.15, 0.2) is 34.1 Å². The normalized spacial score (nSPS) is 21.7. The van der Waals surface area contributed by atoms with Gasteiger partial charge in [-0.05, 0) is 53.5 Å². The molecule has 2 fully saturated rings. The first-order valence-electron chi connectivity index (χ1n) is 9.57. The molecular weight excluding hydrogens is 438 g/mol. The van der Waals surface area contributed by atoms with Crippen LogP contribution in [0.5, 0.6) is 0 Å². The summed E-state index contributed by atoms with van der Waals surface area (Å²) in [6.45, 7) is 8.37. The predicted octanol–water partition coefficient (Wildman–Crippen LogP) is 3.58. The van der Waals surface area contributed by atoms with E-state index in [0.29, 0.717) is 0 Å². The van der Waals surface area contributed by atoms with Gasteiger partial charge in [-0.15, -0.1) is 11.3 Å². The Morgan fingerprint density at radius 3 is 2.46 bits per heavy atom. The molecule has 28 heavy (non-hydrogen) atoms. The SMILES string of the molecule is Cc1ccc(N2C(=O)C[C@H](N3CCN(Cc4ccc(Br)s4)CC3)C2=O)c(C)c1. The molecule has 2 aliphatic heterocycles. The molecule has 148 valence electrons. The van der Waals surface area contributed by atoms with Crippen LogP contribution in [0.25, 0.3) is 0 Å². The molecule has 1 aromatic carbocycles. The second kappa shape index (κ2) is 8.06. The van der Waals surface area contributed by atoms with E-state index in [0.717, 1.165) is 53.3 Å². The number of aryl methyl sites for hydroxylation is 2. The molecular formula is C21H24BrN3O2S. The first-order valence-corrected chi connectivity index (χ1v) is 11.2. The number of hydrogen-bond donors (Lipinski definition) is 0. The van der Waals surface area contributed by atoms with Crippen molar-refractivity contribution < 1.29 is 9.59 Å². The third-order valence-electron chi connectivity index (χ3n) is 5.57. The lowest BCUT2D eigenvalue weighted by molar-refractivity contribution is -0.123. The van der Waals surface area contributed by atoms with Crippen LogP contribution < -0.4 is 4.90 Å². The van der Waals surface area contributed by atoms with Crippen molar-refractivity contribution in [2.45, 2.75) is 32.9 Å². The van der Waals surface area contributed by atoms with Gasteiger partial charge in [-0.25, -0.2) is 4.90 Å². The van der Waals surface area contributed by atoms with E-state index >= 15 is 0 Å². The monoisotopic (exact) mass is 461 g/mol. The molecule has 0 spiro atoms. The van der Waals surface area contributed by atoms with Crippen LogP contribution in [0.2, 0.25) is 0 Å². The lowest BCUT2D eigenvalue weighted by Gasteiger charge is -2.36. The Hall–Kier alpha value is -1.54. The van der Waals surface area contributed by atoms with Gasteiger partial charge in [0.25, 0.3) is 5.91 Å². The van der Waals surface area contributed by atoms with Crippen LogP contribution in [0.3, 0.4) is 0 Å². The highest BCUT2D eigenvalue weighted by Crippen LogP contribution is 2.30. The number of hydrogen-bond acceptors (Lipinski definition) is 5. The zero-order valence-electron chi connectivity index (χ0n) is 16.2. The molecule has 2 aromatic rings. The number of imide groups is 1. The van der Waals surface area contributed by atoms with Crippen molar-refractivity contribution in [2.75, 3.05) is 31.1 Å². The third kappa shape index (κ3) is 3.94. The lowest BCUT2D eigenvalue weighted by Crippen LogP contribution is -2.52. The van der Waals surface area contributed by atoms with Crippen molar-refractivity contribution >= 4 is 44.8 Å². The zero-order valence-corrected chi connectivity index (χ0v) is 18.6.